The molecule has 0 atom stereocenters. The molecule has 0 aliphatic heterocycles. The van der Waals surface area contributed by atoms with Gasteiger partial charge in [0.2, 0.25) is 0 Å². The summed E-state index contributed by atoms with van der Waals surface area (Å²) in [6.07, 6.45) is 0. The average Bonchev–Trinajstić information content (AvgIpc) is 1.50. The van der Waals surface area contributed by atoms with E-state index in [1.807, 2.05) is 0 Å². The van der Waals surface area contributed by atoms with E-state index in [9.17, 15) is 0 Å². The van der Waals surface area contributed by atoms with E-state index in [0.29, 0.717) is 0 Å². The molecule has 23 rings (SSSR count). The van der Waals surface area contributed by atoms with Gasteiger partial charge in [0.05, 0.1) is 44.1 Å². The average molecular weight is 1560 g/mol. The molecule has 0 fully saturated rings. The van der Waals surface area contributed by atoms with E-state index >= 15 is 0 Å². The van der Waals surface area contributed by atoms with Crippen LogP contribution in [0.15, 0.2) is 461 Å². The van der Waals surface area contributed by atoms with Crippen LogP contribution in [0.3, 0.4) is 0 Å². The molecule has 0 unspecified atom stereocenters. The molecule has 0 amide bonds. The van der Waals surface area contributed by atoms with Gasteiger partial charge in [-0.15, -0.1) is 0 Å². The number of para-hydroxylation sites is 7. The lowest BCUT2D eigenvalue weighted by Gasteiger charge is -2.14. The summed E-state index contributed by atoms with van der Waals surface area (Å²) in [6.45, 7) is 8.57. The third-order valence-corrected chi connectivity index (χ3v) is 24.0. The number of fused-ring (bicyclic) bond motifs is 12. The van der Waals surface area contributed by atoms with E-state index < -0.39 is 0 Å². The van der Waals surface area contributed by atoms with Crippen LogP contribution in [0.2, 0.25) is 0 Å². The molecule has 0 bridgehead atoms. The predicted molar refractivity (Wildman–Crippen MR) is 520 cm³/mol. The third-order valence-electron chi connectivity index (χ3n) is 24.0. The Balaban J connectivity index is 0.000000104. The Labute approximate surface area is 712 Å². The minimum absolute atomic E-state index is 1.18. The van der Waals surface area contributed by atoms with Crippen molar-refractivity contribution in [1.82, 2.24) is 18.3 Å². The Bertz CT molecular complexity index is 7630. The number of rotatable bonds is 11. The van der Waals surface area contributed by atoms with Crippen molar-refractivity contribution in [2.45, 2.75) is 27.7 Å². The van der Waals surface area contributed by atoms with Gasteiger partial charge in [0.25, 0.3) is 0 Å². The topological polar surface area (TPSA) is 19.7 Å². The monoisotopic (exact) mass is 1560 g/mol. The summed E-state index contributed by atoms with van der Waals surface area (Å²) >= 11 is 0. The molecule has 23 aromatic rings. The second-order valence-electron chi connectivity index (χ2n) is 31.8. The van der Waals surface area contributed by atoms with Crippen LogP contribution in [0, 0.1) is 27.7 Å². The molecule has 0 aliphatic rings. The van der Waals surface area contributed by atoms with Crippen molar-refractivity contribution in [3.05, 3.63) is 483 Å². The van der Waals surface area contributed by atoms with Gasteiger partial charge >= 0.3 is 0 Å². The second-order valence-corrected chi connectivity index (χ2v) is 31.8. The zero-order chi connectivity index (χ0) is 82.0. The van der Waals surface area contributed by atoms with E-state index in [0.717, 1.165) is 0 Å². The normalized spacial score (nSPS) is 11.3. The van der Waals surface area contributed by atoms with E-state index in [1.165, 1.54) is 210 Å². The van der Waals surface area contributed by atoms with Gasteiger partial charge in [-0.1, -0.05) is 375 Å². The van der Waals surface area contributed by atoms with Crippen LogP contribution in [0.25, 0.3) is 188 Å². The van der Waals surface area contributed by atoms with Crippen molar-refractivity contribution in [1.29, 1.82) is 0 Å². The van der Waals surface area contributed by atoms with Gasteiger partial charge < -0.3 is 18.3 Å². The van der Waals surface area contributed by atoms with Gasteiger partial charge in [-0.2, -0.15) is 0 Å². The summed E-state index contributed by atoms with van der Waals surface area (Å²) < 4.78 is 9.56. The highest BCUT2D eigenvalue weighted by Gasteiger charge is 2.22. The summed E-state index contributed by atoms with van der Waals surface area (Å²) in [7, 11) is 0. The molecular weight excluding hydrogens is 1470 g/mol. The fourth-order valence-corrected chi connectivity index (χ4v) is 17.9. The Morgan fingerprint density at radius 2 is 0.410 bits per heavy atom. The van der Waals surface area contributed by atoms with Crippen LogP contribution < -0.4 is 0 Å². The van der Waals surface area contributed by atoms with Crippen molar-refractivity contribution < 1.29 is 0 Å². The second kappa shape index (κ2) is 33.1. The predicted octanol–water partition coefficient (Wildman–Crippen LogP) is 32.0. The smallest absolute Gasteiger partial charge is 0.0619 e. The van der Waals surface area contributed by atoms with Gasteiger partial charge in [0.1, 0.15) is 0 Å². The summed E-state index contributed by atoms with van der Waals surface area (Å²) in [5.74, 6) is 0. The molecule has 122 heavy (non-hydrogen) atoms. The van der Waals surface area contributed by atoms with Crippen molar-refractivity contribution in [3.8, 4) is 101 Å². The van der Waals surface area contributed by atoms with E-state index in [-0.39, 0.29) is 0 Å². The lowest BCUT2D eigenvalue weighted by Crippen LogP contribution is -1.97. The first kappa shape index (κ1) is 75.1. The molecule has 580 valence electrons. The van der Waals surface area contributed by atoms with Gasteiger partial charge in [-0.3, -0.25) is 0 Å². The largest absolute Gasteiger partial charge is 0.309 e. The van der Waals surface area contributed by atoms with Gasteiger partial charge in [0, 0.05) is 77.0 Å². The minimum atomic E-state index is 1.18. The quantitative estimate of drug-likeness (QED) is 0.123. The number of hydrogen-bond donors (Lipinski definition) is 0. The first-order valence-electron chi connectivity index (χ1n) is 42.1. The molecule has 19 aromatic carbocycles. The maximum atomic E-state index is 2.45. The van der Waals surface area contributed by atoms with Crippen molar-refractivity contribution in [2.75, 3.05) is 0 Å². The fraction of sp³-hybridized carbons (Fsp3) is 0.0339. The fourth-order valence-electron chi connectivity index (χ4n) is 17.9. The minimum Gasteiger partial charge on any atom is -0.309 e. The van der Waals surface area contributed by atoms with Crippen LogP contribution in [-0.4, -0.2) is 18.3 Å². The van der Waals surface area contributed by atoms with Crippen LogP contribution in [-0.2, 0) is 0 Å². The highest BCUT2D eigenvalue weighted by Crippen LogP contribution is 2.45. The molecular formula is C118H88N4. The molecule has 0 radical (unpaired) electrons. The van der Waals surface area contributed by atoms with Crippen LogP contribution in [0.4, 0.5) is 0 Å². The standard InChI is InChI=1S/3C31H23N.C25H19N/c1-22-12-8-9-17-25(22)27-19-11-21-29-28-20-10-18-26(23-13-4-2-5-14-23)30(28)32(31(27)29)24-15-6-3-7-16-24;1-22-12-14-24(15-13-22)26-16-18-28-29-20-25(23-8-4-2-5-9-23)17-19-30(29)32(31(28)21-26)27-10-6-3-7-11-27;1-22-12-14-24(15-13-22)26-17-19-31-29(21-26)28-20-25(23-8-4-2-5-9-23)16-18-30(28)32(31)27-10-6-3-7-11-27;1-18-10-12-19(13-11-18)20-14-16-21(17-15-20)26-24-8-4-2-6-22(24)23-7-3-5-9-25(23)26/h3*2-21H,1H3;2-17H,1H3. The highest BCUT2D eigenvalue weighted by atomic mass is 15.0. The Morgan fingerprint density at radius 1 is 0.139 bits per heavy atom. The summed E-state index contributed by atoms with van der Waals surface area (Å²) in [6, 6.07) is 166. The van der Waals surface area contributed by atoms with E-state index in [4.69, 9.17) is 0 Å². The first-order valence-corrected chi connectivity index (χ1v) is 42.1. The van der Waals surface area contributed by atoms with E-state index in [1.54, 1.807) is 0 Å². The van der Waals surface area contributed by atoms with Crippen molar-refractivity contribution in [2.24, 2.45) is 0 Å². The van der Waals surface area contributed by atoms with Gasteiger partial charge in [0.15, 0.2) is 0 Å². The van der Waals surface area contributed by atoms with Crippen LogP contribution >= 0.6 is 0 Å². The molecule has 4 heteroatoms. The Hall–Kier alpha value is -15.6. The Morgan fingerprint density at radius 3 is 0.852 bits per heavy atom. The molecule has 0 aliphatic carbocycles. The van der Waals surface area contributed by atoms with Gasteiger partial charge in [-0.05, 0) is 203 Å². The molecule has 4 heterocycles. The molecule has 4 nitrogen and oxygen atoms in total. The summed E-state index contributed by atoms with van der Waals surface area (Å²) in [5, 5.41) is 10.3. The van der Waals surface area contributed by atoms with Gasteiger partial charge in [-0.25, -0.2) is 0 Å². The van der Waals surface area contributed by atoms with Crippen molar-refractivity contribution in [3.63, 3.8) is 0 Å². The molecule has 0 saturated carbocycles. The number of nitrogens with zero attached hydrogens (tertiary/aromatic N) is 4. The number of benzene rings is 19. The number of aromatic nitrogens is 4. The highest BCUT2D eigenvalue weighted by molar-refractivity contribution is 6.18. The Kier molecular flexibility index (Phi) is 20.4. The zero-order valence-electron chi connectivity index (χ0n) is 68.7. The molecule has 4 aromatic heterocycles. The maximum absolute atomic E-state index is 2.45. The summed E-state index contributed by atoms with van der Waals surface area (Å²) in [4.78, 5) is 0. The number of aryl methyl sites for hydroxylation is 4. The SMILES string of the molecule is Cc1ccc(-c2ccc(-n3c4ccccc4c4ccccc43)cc2)cc1.Cc1ccc(-c2ccc3c(c2)c2cc(-c4ccccc4)ccc2n3-c2ccccc2)cc1.Cc1ccc(-c2ccc3c4cc(-c5ccccc5)ccc4n(-c4ccccc4)c3c2)cc1.Cc1ccccc1-c1cccc2c3cccc(-c4ccccc4)c3n(-c3ccccc3)c12. The first-order chi connectivity index (χ1) is 60.2. The molecule has 0 saturated heterocycles. The lowest BCUT2D eigenvalue weighted by molar-refractivity contribution is 1.18. The number of hydrogen-bond acceptors (Lipinski definition) is 0. The molecule has 0 spiro atoms. The van der Waals surface area contributed by atoms with E-state index in [2.05, 4.69) is 507 Å². The zero-order valence-corrected chi connectivity index (χ0v) is 68.7. The summed E-state index contributed by atoms with van der Waals surface area (Å²) in [5.41, 5.74) is 37.2. The van der Waals surface area contributed by atoms with Crippen LogP contribution in [0.5, 0.6) is 0 Å². The lowest BCUT2D eigenvalue weighted by atomic mass is 9.98. The third kappa shape index (κ3) is 14.5. The molecule has 0 N–H and O–H groups in total. The van der Waals surface area contributed by atoms with Crippen molar-refractivity contribution >= 4 is 87.2 Å². The van der Waals surface area contributed by atoms with Crippen LogP contribution in [0.1, 0.15) is 22.3 Å². The maximum Gasteiger partial charge on any atom is 0.0619 e.